The number of hydrogen-bond donors (Lipinski definition) is 3. The summed E-state index contributed by atoms with van der Waals surface area (Å²) in [5.74, 6) is 0. The summed E-state index contributed by atoms with van der Waals surface area (Å²) in [5.41, 5.74) is 3.37. The zero-order chi connectivity index (χ0) is 11.7. The van der Waals surface area contributed by atoms with Crippen molar-refractivity contribution in [1.82, 2.24) is 15.3 Å². The average molecular weight is 225 g/mol. The SMILES string of the molecule is O=c1[nH]c2cccc(C3=CC=CC=CN3)c2[nH]1. The lowest BCUT2D eigenvalue weighted by Gasteiger charge is -2.07. The lowest BCUT2D eigenvalue weighted by Crippen LogP contribution is -2.04. The molecule has 0 atom stereocenters. The number of fused-ring (bicyclic) bond motifs is 1. The molecular formula is C13H11N3O. The topological polar surface area (TPSA) is 60.7 Å². The normalized spacial score (nSPS) is 14.5. The minimum absolute atomic E-state index is 0.187. The first-order valence-corrected chi connectivity index (χ1v) is 5.36. The summed E-state index contributed by atoms with van der Waals surface area (Å²) in [4.78, 5) is 16.9. The summed E-state index contributed by atoms with van der Waals surface area (Å²) >= 11 is 0. The molecule has 0 saturated carbocycles. The van der Waals surface area contributed by atoms with Gasteiger partial charge in [0.2, 0.25) is 0 Å². The van der Waals surface area contributed by atoms with Gasteiger partial charge in [0.1, 0.15) is 0 Å². The van der Waals surface area contributed by atoms with Crippen LogP contribution in [0.25, 0.3) is 16.7 Å². The van der Waals surface area contributed by atoms with Gasteiger partial charge in [0.05, 0.1) is 11.0 Å². The van der Waals surface area contributed by atoms with Crippen LogP contribution in [0.3, 0.4) is 0 Å². The summed E-state index contributed by atoms with van der Waals surface area (Å²) in [6, 6.07) is 5.76. The lowest BCUT2D eigenvalue weighted by atomic mass is 10.1. The standard InChI is InChI=1S/C13H11N3O/c17-13-15-11-7-4-5-9(12(11)16-13)10-6-2-1-3-8-14-10/h1-8,14H,(H2,15,16,17). The molecule has 0 amide bonds. The molecule has 3 N–H and O–H groups in total. The molecule has 0 aliphatic carbocycles. The number of imidazole rings is 1. The van der Waals surface area contributed by atoms with E-state index in [0.29, 0.717) is 0 Å². The first-order chi connectivity index (χ1) is 8.34. The van der Waals surface area contributed by atoms with Gasteiger partial charge in [-0.15, -0.1) is 0 Å². The Hall–Kier alpha value is -2.49. The molecule has 0 spiro atoms. The maximum absolute atomic E-state index is 11.3. The van der Waals surface area contributed by atoms with Gasteiger partial charge in [-0.2, -0.15) is 0 Å². The van der Waals surface area contributed by atoms with Crippen LogP contribution in [0.5, 0.6) is 0 Å². The molecule has 0 fully saturated rings. The smallest absolute Gasteiger partial charge is 0.323 e. The molecule has 4 heteroatoms. The van der Waals surface area contributed by atoms with E-state index in [9.17, 15) is 4.79 Å². The number of hydrogen-bond acceptors (Lipinski definition) is 2. The van der Waals surface area contributed by atoms with Gasteiger partial charge < -0.3 is 15.3 Å². The molecule has 0 saturated heterocycles. The molecule has 0 unspecified atom stereocenters. The molecule has 2 heterocycles. The Morgan fingerprint density at radius 3 is 2.88 bits per heavy atom. The number of rotatable bonds is 1. The molecule has 1 aliphatic heterocycles. The summed E-state index contributed by atoms with van der Waals surface area (Å²) in [7, 11) is 0. The fourth-order valence-corrected chi connectivity index (χ4v) is 1.91. The quantitative estimate of drug-likeness (QED) is 0.693. The predicted octanol–water partition coefficient (Wildman–Crippen LogP) is 1.87. The van der Waals surface area contributed by atoms with Crippen LogP contribution in [0.4, 0.5) is 0 Å². The zero-order valence-electron chi connectivity index (χ0n) is 9.03. The maximum Gasteiger partial charge on any atom is 0.323 e. The van der Waals surface area contributed by atoms with Gasteiger partial charge in [0.15, 0.2) is 0 Å². The summed E-state index contributed by atoms with van der Waals surface area (Å²) in [5, 5.41) is 3.18. The Labute approximate surface area is 97.4 Å². The lowest BCUT2D eigenvalue weighted by molar-refractivity contribution is 1.20. The van der Waals surface area contributed by atoms with Crippen molar-refractivity contribution >= 4 is 16.7 Å². The first-order valence-electron chi connectivity index (χ1n) is 5.36. The summed E-state index contributed by atoms with van der Waals surface area (Å²) < 4.78 is 0. The molecule has 0 radical (unpaired) electrons. The van der Waals surface area contributed by atoms with Gasteiger partial charge in [0.25, 0.3) is 0 Å². The van der Waals surface area contributed by atoms with Gasteiger partial charge in [0, 0.05) is 17.5 Å². The van der Waals surface area contributed by atoms with Gasteiger partial charge >= 0.3 is 5.69 Å². The second kappa shape index (κ2) is 3.83. The van der Waals surface area contributed by atoms with Gasteiger partial charge in [-0.1, -0.05) is 24.3 Å². The average Bonchev–Trinajstić information content (AvgIpc) is 2.55. The Morgan fingerprint density at radius 2 is 1.94 bits per heavy atom. The minimum Gasteiger partial charge on any atom is -0.361 e. The van der Waals surface area contributed by atoms with Crippen LogP contribution >= 0.6 is 0 Å². The molecule has 1 aromatic heterocycles. The molecule has 17 heavy (non-hydrogen) atoms. The third-order valence-electron chi connectivity index (χ3n) is 2.66. The Kier molecular flexibility index (Phi) is 2.19. The van der Waals surface area contributed by atoms with E-state index in [4.69, 9.17) is 0 Å². The summed E-state index contributed by atoms with van der Waals surface area (Å²) in [6.45, 7) is 0. The molecule has 1 aromatic carbocycles. The Balaban J connectivity index is 2.23. The number of aromatic amines is 2. The molecule has 0 bridgehead atoms. The molecule has 2 aromatic rings. The first kappa shape index (κ1) is 9.72. The number of para-hydroxylation sites is 1. The van der Waals surface area contributed by atoms with E-state index in [-0.39, 0.29) is 5.69 Å². The van der Waals surface area contributed by atoms with Crippen LogP contribution in [0.1, 0.15) is 5.56 Å². The van der Waals surface area contributed by atoms with Gasteiger partial charge in [-0.3, -0.25) is 0 Å². The molecule has 3 rings (SSSR count). The van der Waals surface area contributed by atoms with E-state index < -0.39 is 0 Å². The van der Waals surface area contributed by atoms with Crippen LogP contribution in [-0.4, -0.2) is 9.97 Å². The molecule has 84 valence electrons. The van der Waals surface area contributed by atoms with Gasteiger partial charge in [-0.25, -0.2) is 4.79 Å². The van der Waals surface area contributed by atoms with Crippen LogP contribution in [0, 0.1) is 0 Å². The highest BCUT2D eigenvalue weighted by Crippen LogP contribution is 2.20. The number of nitrogens with one attached hydrogen (secondary N) is 3. The Morgan fingerprint density at radius 1 is 1.00 bits per heavy atom. The van der Waals surface area contributed by atoms with E-state index in [1.807, 2.05) is 48.7 Å². The largest absolute Gasteiger partial charge is 0.361 e. The minimum atomic E-state index is -0.187. The fraction of sp³-hybridized carbons (Fsp3) is 0. The van der Waals surface area contributed by atoms with Crippen molar-refractivity contribution in [2.75, 3.05) is 0 Å². The van der Waals surface area contributed by atoms with Crippen molar-refractivity contribution in [2.45, 2.75) is 0 Å². The van der Waals surface area contributed by atoms with E-state index in [1.165, 1.54) is 0 Å². The van der Waals surface area contributed by atoms with Crippen molar-refractivity contribution in [3.63, 3.8) is 0 Å². The molecular weight excluding hydrogens is 214 g/mol. The van der Waals surface area contributed by atoms with Crippen molar-refractivity contribution in [3.05, 3.63) is 64.8 Å². The number of benzene rings is 1. The highest BCUT2D eigenvalue weighted by molar-refractivity contribution is 5.89. The predicted molar refractivity (Wildman–Crippen MR) is 68.3 cm³/mol. The summed E-state index contributed by atoms with van der Waals surface area (Å²) in [6.07, 6.45) is 9.65. The number of H-pyrrole nitrogens is 2. The highest BCUT2D eigenvalue weighted by atomic mass is 16.1. The maximum atomic E-state index is 11.3. The Bertz CT molecular complexity index is 701. The number of allylic oxidation sites excluding steroid dienone is 4. The van der Waals surface area contributed by atoms with E-state index in [2.05, 4.69) is 15.3 Å². The van der Waals surface area contributed by atoms with Gasteiger partial charge in [-0.05, 0) is 18.2 Å². The van der Waals surface area contributed by atoms with E-state index >= 15 is 0 Å². The van der Waals surface area contributed by atoms with E-state index in [0.717, 1.165) is 22.3 Å². The molecule has 4 nitrogen and oxygen atoms in total. The van der Waals surface area contributed by atoms with Crippen LogP contribution in [-0.2, 0) is 0 Å². The second-order valence-electron chi connectivity index (χ2n) is 3.78. The van der Waals surface area contributed by atoms with Crippen LogP contribution in [0.2, 0.25) is 0 Å². The van der Waals surface area contributed by atoms with E-state index in [1.54, 1.807) is 0 Å². The highest BCUT2D eigenvalue weighted by Gasteiger charge is 2.07. The second-order valence-corrected chi connectivity index (χ2v) is 3.78. The van der Waals surface area contributed by atoms with Crippen molar-refractivity contribution < 1.29 is 0 Å². The molecule has 1 aliphatic rings. The van der Waals surface area contributed by atoms with Crippen LogP contribution < -0.4 is 11.0 Å². The van der Waals surface area contributed by atoms with Crippen LogP contribution in [0.15, 0.2) is 53.5 Å². The van der Waals surface area contributed by atoms with Crippen molar-refractivity contribution in [1.29, 1.82) is 0 Å². The number of aromatic nitrogens is 2. The third-order valence-corrected chi connectivity index (χ3v) is 2.66. The monoisotopic (exact) mass is 225 g/mol. The zero-order valence-corrected chi connectivity index (χ0v) is 9.03. The van der Waals surface area contributed by atoms with Crippen molar-refractivity contribution in [2.24, 2.45) is 0 Å². The third kappa shape index (κ3) is 1.69. The van der Waals surface area contributed by atoms with Crippen molar-refractivity contribution in [3.8, 4) is 0 Å². The fourth-order valence-electron chi connectivity index (χ4n) is 1.91.